The standard InChI is InChI=1S/C19H24ClN3O5S2/c1-4-23(5-2)30(27,28)18-12-15(8-11-17(18)20)19(24)22-13(3)14-6-9-16(10-7-14)29(21,25)26/h6-13H,4-5H2,1-3H3,(H,22,24)(H2,21,25,26). The third kappa shape index (κ3) is 5.38. The molecule has 11 heteroatoms. The summed E-state index contributed by atoms with van der Waals surface area (Å²) in [5, 5.41) is 7.87. The fourth-order valence-corrected chi connectivity index (χ4v) is 5.33. The molecule has 0 heterocycles. The number of hydrogen-bond donors (Lipinski definition) is 2. The van der Waals surface area contributed by atoms with E-state index in [-0.39, 0.29) is 33.5 Å². The van der Waals surface area contributed by atoms with Crippen LogP contribution >= 0.6 is 11.6 Å². The van der Waals surface area contributed by atoms with Crippen molar-refractivity contribution in [3.05, 3.63) is 58.6 Å². The first kappa shape index (κ1) is 24.3. The topological polar surface area (TPSA) is 127 Å². The van der Waals surface area contributed by atoms with Gasteiger partial charge in [0.15, 0.2) is 0 Å². The van der Waals surface area contributed by atoms with Crippen molar-refractivity contribution in [1.29, 1.82) is 0 Å². The molecule has 3 N–H and O–H groups in total. The molecule has 2 rings (SSSR count). The number of amides is 1. The number of nitrogens with one attached hydrogen (secondary N) is 1. The van der Waals surface area contributed by atoms with Gasteiger partial charge in [0.05, 0.1) is 16.0 Å². The molecule has 0 aliphatic heterocycles. The molecule has 0 fully saturated rings. The van der Waals surface area contributed by atoms with E-state index in [1.54, 1.807) is 32.9 Å². The first-order valence-corrected chi connectivity index (χ1v) is 12.5. The monoisotopic (exact) mass is 473 g/mol. The van der Waals surface area contributed by atoms with Crippen molar-refractivity contribution < 1.29 is 21.6 Å². The van der Waals surface area contributed by atoms with Crippen molar-refractivity contribution in [1.82, 2.24) is 9.62 Å². The molecule has 0 spiro atoms. The molecule has 0 aliphatic rings. The second-order valence-electron chi connectivity index (χ2n) is 6.54. The molecule has 164 valence electrons. The SMILES string of the molecule is CCN(CC)S(=O)(=O)c1cc(C(=O)NC(C)c2ccc(S(N)(=O)=O)cc2)ccc1Cl. The molecular weight excluding hydrogens is 450 g/mol. The number of rotatable bonds is 8. The summed E-state index contributed by atoms with van der Waals surface area (Å²) in [5.74, 6) is -0.495. The highest BCUT2D eigenvalue weighted by atomic mass is 35.5. The number of carbonyl (C=O) groups is 1. The Morgan fingerprint density at radius 3 is 2.13 bits per heavy atom. The first-order valence-electron chi connectivity index (χ1n) is 9.15. The summed E-state index contributed by atoms with van der Waals surface area (Å²) in [7, 11) is -7.64. The molecule has 0 radical (unpaired) electrons. The van der Waals surface area contributed by atoms with E-state index in [1.807, 2.05) is 0 Å². The van der Waals surface area contributed by atoms with E-state index in [4.69, 9.17) is 16.7 Å². The van der Waals surface area contributed by atoms with E-state index in [0.717, 1.165) is 0 Å². The van der Waals surface area contributed by atoms with E-state index in [2.05, 4.69) is 5.32 Å². The normalized spacial score (nSPS) is 13.3. The van der Waals surface area contributed by atoms with Gasteiger partial charge in [0.2, 0.25) is 20.0 Å². The van der Waals surface area contributed by atoms with Gasteiger partial charge in [-0.3, -0.25) is 4.79 Å². The van der Waals surface area contributed by atoms with Crippen molar-refractivity contribution in [2.45, 2.75) is 36.6 Å². The Hall–Kier alpha value is -1.98. The maximum absolute atomic E-state index is 12.8. The number of hydrogen-bond acceptors (Lipinski definition) is 5. The van der Waals surface area contributed by atoms with Crippen LogP contribution in [0.15, 0.2) is 52.3 Å². The second kappa shape index (κ2) is 9.44. The highest BCUT2D eigenvalue weighted by molar-refractivity contribution is 7.89. The zero-order chi connectivity index (χ0) is 22.7. The van der Waals surface area contributed by atoms with Gasteiger partial charge in [-0.05, 0) is 42.8 Å². The summed E-state index contributed by atoms with van der Waals surface area (Å²) in [5.41, 5.74) is 0.791. The zero-order valence-corrected chi connectivity index (χ0v) is 19.2. The summed E-state index contributed by atoms with van der Waals surface area (Å²) in [6, 6.07) is 9.39. The van der Waals surface area contributed by atoms with Crippen molar-refractivity contribution in [2.24, 2.45) is 5.14 Å². The molecular formula is C19H24ClN3O5S2. The smallest absolute Gasteiger partial charge is 0.251 e. The largest absolute Gasteiger partial charge is 0.346 e. The van der Waals surface area contributed by atoms with Crippen molar-refractivity contribution in [2.75, 3.05) is 13.1 Å². The highest BCUT2D eigenvalue weighted by Gasteiger charge is 2.26. The van der Waals surface area contributed by atoms with Gasteiger partial charge in [0, 0.05) is 18.7 Å². The molecule has 2 aromatic rings. The Morgan fingerprint density at radius 2 is 1.63 bits per heavy atom. The number of benzene rings is 2. The molecule has 30 heavy (non-hydrogen) atoms. The number of sulfonamides is 2. The average molecular weight is 474 g/mol. The van der Waals surface area contributed by atoms with Gasteiger partial charge in [-0.25, -0.2) is 22.0 Å². The van der Waals surface area contributed by atoms with Crippen LogP contribution in [0, 0.1) is 0 Å². The Labute approximate surface area is 182 Å². The van der Waals surface area contributed by atoms with Crippen LogP contribution in [0.3, 0.4) is 0 Å². The lowest BCUT2D eigenvalue weighted by molar-refractivity contribution is 0.0939. The number of primary sulfonamides is 1. The summed E-state index contributed by atoms with van der Waals surface area (Å²) < 4.78 is 49.6. The van der Waals surface area contributed by atoms with Crippen LogP contribution in [0.1, 0.15) is 42.7 Å². The van der Waals surface area contributed by atoms with Crippen molar-refractivity contribution in [3.63, 3.8) is 0 Å². The fourth-order valence-electron chi connectivity index (χ4n) is 2.85. The second-order valence-corrected chi connectivity index (χ2v) is 10.4. The predicted molar refractivity (Wildman–Crippen MR) is 115 cm³/mol. The maximum atomic E-state index is 12.8. The molecule has 0 saturated heterocycles. The van der Waals surface area contributed by atoms with Gasteiger partial charge >= 0.3 is 0 Å². The van der Waals surface area contributed by atoms with Gasteiger partial charge in [0.1, 0.15) is 4.90 Å². The molecule has 1 unspecified atom stereocenters. The van der Waals surface area contributed by atoms with Gasteiger partial charge in [0.25, 0.3) is 5.91 Å². The lowest BCUT2D eigenvalue weighted by atomic mass is 10.1. The molecule has 1 amide bonds. The van der Waals surface area contributed by atoms with Crippen molar-refractivity contribution in [3.8, 4) is 0 Å². The molecule has 2 aromatic carbocycles. The lowest BCUT2D eigenvalue weighted by Gasteiger charge is -2.20. The summed E-state index contributed by atoms with van der Waals surface area (Å²) >= 11 is 6.10. The van der Waals surface area contributed by atoms with Crippen molar-refractivity contribution >= 4 is 37.6 Å². The summed E-state index contributed by atoms with van der Waals surface area (Å²) in [6.45, 7) is 5.70. The molecule has 0 aliphatic carbocycles. The number of carbonyl (C=O) groups excluding carboxylic acids is 1. The summed E-state index contributed by atoms with van der Waals surface area (Å²) in [6.07, 6.45) is 0. The molecule has 0 saturated carbocycles. The van der Waals surface area contributed by atoms with Crippen LogP contribution < -0.4 is 10.5 Å². The Morgan fingerprint density at radius 1 is 1.07 bits per heavy atom. The van der Waals surface area contributed by atoms with Gasteiger partial charge in [-0.1, -0.05) is 37.6 Å². The van der Waals surface area contributed by atoms with E-state index in [9.17, 15) is 21.6 Å². The Bertz CT molecular complexity index is 1130. The zero-order valence-electron chi connectivity index (χ0n) is 16.8. The van der Waals surface area contributed by atoms with E-state index in [1.165, 1.54) is 34.6 Å². The van der Waals surface area contributed by atoms with Crippen LogP contribution in [-0.4, -0.2) is 40.1 Å². The average Bonchev–Trinajstić information content (AvgIpc) is 2.68. The van der Waals surface area contributed by atoms with Gasteiger partial charge in [-0.15, -0.1) is 0 Å². The van der Waals surface area contributed by atoms with Gasteiger partial charge in [-0.2, -0.15) is 4.31 Å². The molecule has 0 aromatic heterocycles. The fraction of sp³-hybridized carbons (Fsp3) is 0.316. The quantitative estimate of drug-likeness (QED) is 0.609. The highest BCUT2D eigenvalue weighted by Crippen LogP contribution is 2.26. The minimum absolute atomic E-state index is 0.0325. The minimum Gasteiger partial charge on any atom is -0.346 e. The number of halogens is 1. The maximum Gasteiger partial charge on any atom is 0.251 e. The Balaban J connectivity index is 2.27. The van der Waals surface area contributed by atoms with E-state index in [0.29, 0.717) is 5.56 Å². The van der Waals surface area contributed by atoms with Crippen LogP contribution in [0.2, 0.25) is 5.02 Å². The van der Waals surface area contributed by atoms with Gasteiger partial charge < -0.3 is 5.32 Å². The third-order valence-corrected chi connectivity index (χ3v) is 8.03. The van der Waals surface area contributed by atoms with E-state index < -0.39 is 32.0 Å². The predicted octanol–water partition coefficient (Wildman–Crippen LogP) is 2.51. The minimum atomic E-state index is -3.83. The first-order chi connectivity index (χ1) is 13.9. The Kier molecular flexibility index (Phi) is 7.64. The van der Waals surface area contributed by atoms with Crippen LogP contribution in [-0.2, 0) is 20.0 Å². The van der Waals surface area contributed by atoms with Crippen LogP contribution in [0.25, 0.3) is 0 Å². The van der Waals surface area contributed by atoms with E-state index >= 15 is 0 Å². The molecule has 8 nitrogen and oxygen atoms in total. The molecule has 1 atom stereocenters. The lowest BCUT2D eigenvalue weighted by Crippen LogP contribution is -2.31. The number of nitrogens with two attached hydrogens (primary N) is 1. The third-order valence-electron chi connectivity index (χ3n) is 4.57. The van der Waals surface area contributed by atoms with Crippen LogP contribution in [0.5, 0.6) is 0 Å². The van der Waals surface area contributed by atoms with Crippen LogP contribution in [0.4, 0.5) is 0 Å². The number of nitrogens with zero attached hydrogens (tertiary/aromatic N) is 1. The molecule has 0 bridgehead atoms. The summed E-state index contributed by atoms with van der Waals surface area (Å²) in [4.78, 5) is 12.5.